The van der Waals surface area contributed by atoms with Crippen molar-refractivity contribution in [3.8, 4) is 10.4 Å². The average Bonchev–Trinajstić information content (AvgIpc) is 2.15. The van der Waals surface area contributed by atoms with E-state index in [1.165, 1.54) is 237 Å². The normalized spacial score (nSPS) is 14.4. The molecule has 82 heavy (non-hydrogen) atoms. The Kier molecular flexibility index (Phi) is 33.7. The Hall–Kier alpha value is -4.00. The largest absolute Gasteiger partial charge is 0.306 e. The van der Waals surface area contributed by atoms with Gasteiger partial charge < -0.3 is 9.80 Å². The minimum atomic E-state index is 0.0482. The van der Waals surface area contributed by atoms with Crippen LogP contribution in [0.3, 0.4) is 0 Å². The van der Waals surface area contributed by atoms with E-state index in [0.717, 1.165) is 62.8 Å². The molecule has 452 valence electrons. The van der Waals surface area contributed by atoms with Crippen molar-refractivity contribution in [3.05, 3.63) is 116 Å². The molecule has 2 unspecified atom stereocenters. The van der Waals surface area contributed by atoms with Gasteiger partial charge >= 0.3 is 0 Å². The Morgan fingerprint density at radius 1 is 0.354 bits per heavy atom. The van der Waals surface area contributed by atoms with Gasteiger partial charge in [0.25, 0.3) is 11.8 Å². The first-order valence-electron chi connectivity index (χ1n) is 34.6. The first kappa shape index (κ1) is 67.1. The zero-order valence-corrected chi connectivity index (χ0v) is 54.3. The Labute approximate surface area is 510 Å². The summed E-state index contributed by atoms with van der Waals surface area (Å²) in [4.78, 5) is 39.2. The molecule has 4 aromatic rings. The Morgan fingerprint density at radius 2 is 0.695 bits per heavy atom. The minimum absolute atomic E-state index is 0.0482. The first-order chi connectivity index (χ1) is 40.5. The maximum atomic E-state index is 15.9. The molecule has 2 amide bonds. The van der Waals surface area contributed by atoms with Gasteiger partial charge in [0, 0.05) is 18.0 Å². The van der Waals surface area contributed by atoms with Crippen molar-refractivity contribution in [2.75, 3.05) is 13.1 Å². The Bertz CT molecular complexity index is 2410. The summed E-state index contributed by atoms with van der Waals surface area (Å²) in [5.74, 6) is 0.885. The van der Waals surface area contributed by atoms with Crippen LogP contribution >= 0.6 is 22.7 Å². The van der Waals surface area contributed by atoms with E-state index < -0.39 is 0 Å². The quantitative estimate of drug-likeness (QED) is 0.0327. The molecule has 2 atom stereocenters. The molecule has 2 aromatic heterocycles. The summed E-state index contributed by atoms with van der Waals surface area (Å²) in [6.07, 6.45) is 56.4. The van der Waals surface area contributed by atoms with Crippen molar-refractivity contribution < 1.29 is 9.59 Å². The number of hydrogen-bond acceptors (Lipinski definition) is 4. The molecule has 0 saturated carbocycles. The van der Waals surface area contributed by atoms with Crippen LogP contribution in [0.2, 0.25) is 0 Å². The van der Waals surface area contributed by atoms with Gasteiger partial charge in [-0.3, -0.25) is 9.59 Å². The molecule has 0 radical (unpaired) electrons. The summed E-state index contributed by atoms with van der Waals surface area (Å²) in [6, 6.07) is 28.1. The van der Waals surface area contributed by atoms with Gasteiger partial charge in [-0.1, -0.05) is 332 Å². The van der Waals surface area contributed by atoms with Crippen LogP contribution in [0.1, 0.15) is 305 Å². The summed E-state index contributed by atoms with van der Waals surface area (Å²) in [6.45, 7) is 10.6. The molecule has 2 aliphatic rings. The fraction of sp³-hybridized carbons (Fsp3) is 0.632. The molecule has 2 aliphatic heterocycles. The fourth-order valence-electron chi connectivity index (χ4n) is 13.0. The van der Waals surface area contributed by atoms with Gasteiger partial charge in [0.1, 0.15) is 0 Å². The van der Waals surface area contributed by atoms with E-state index in [2.05, 4.69) is 134 Å². The second-order valence-electron chi connectivity index (χ2n) is 25.0. The zero-order valence-electron chi connectivity index (χ0n) is 52.6. The van der Waals surface area contributed by atoms with Gasteiger partial charge in [0.05, 0.1) is 32.3 Å². The first-order valence-corrected chi connectivity index (χ1v) is 36.3. The molecule has 0 aliphatic carbocycles. The fourth-order valence-corrected chi connectivity index (χ4v) is 14.8. The summed E-state index contributed by atoms with van der Waals surface area (Å²) in [5, 5.41) is 2.13. The number of carbonyl (C=O) groups excluding carboxylic acids is 2. The molecule has 4 heterocycles. The summed E-state index contributed by atoms with van der Waals surface area (Å²) in [7, 11) is 0. The van der Waals surface area contributed by atoms with Crippen LogP contribution in [0.4, 0.5) is 0 Å². The molecule has 6 heteroatoms. The van der Waals surface area contributed by atoms with Gasteiger partial charge in [-0.25, -0.2) is 0 Å². The third-order valence-corrected chi connectivity index (χ3v) is 20.0. The van der Waals surface area contributed by atoms with Crippen LogP contribution < -0.4 is 0 Å². The van der Waals surface area contributed by atoms with Gasteiger partial charge in [-0.2, -0.15) is 0 Å². The second-order valence-corrected chi connectivity index (χ2v) is 27.0. The predicted molar refractivity (Wildman–Crippen MR) is 361 cm³/mol. The highest BCUT2D eigenvalue weighted by Crippen LogP contribution is 2.50. The third-order valence-electron chi connectivity index (χ3n) is 18.0. The highest BCUT2D eigenvalue weighted by molar-refractivity contribution is 7.16. The van der Waals surface area contributed by atoms with Crippen LogP contribution in [0.25, 0.3) is 34.0 Å². The predicted octanol–water partition coefficient (Wildman–Crippen LogP) is 24.4. The van der Waals surface area contributed by atoms with E-state index >= 15 is 9.59 Å². The van der Waals surface area contributed by atoms with Gasteiger partial charge in [-0.15, -0.1) is 22.7 Å². The van der Waals surface area contributed by atoms with E-state index in [1.54, 1.807) is 22.7 Å². The van der Waals surface area contributed by atoms with Crippen molar-refractivity contribution in [2.24, 2.45) is 11.8 Å². The summed E-state index contributed by atoms with van der Waals surface area (Å²) < 4.78 is 0. The lowest BCUT2D eigenvalue weighted by Gasteiger charge is -2.29. The van der Waals surface area contributed by atoms with Gasteiger partial charge in [0.2, 0.25) is 0 Å². The van der Waals surface area contributed by atoms with Crippen LogP contribution in [-0.4, -0.2) is 34.7 Å². The number of amides is 2. The van der Waals surface area contributed by atoms with E-state index in [0.29, 0.717) is 36.1 Å². The van der Waals surface area contributed by atoms with E-state index in [9.17, 15) is 0 Å². The number of rotatable bonds is 49. The molecule has 4 nitrogen and oxygen atoms in total. The van der Waals surface area contributed by atoms with Crippen LogP contribution in [0, 0.1) is 11.8 Å². The maximum Gasteiger partial charge on any atom is 0.261 e. The molecular weight excluding hydrogens is 1040 g/mol. The number of carbonyl (C=O) groups is 2. The zero-order chi connectivity index (χ0) is 57.7. The Balaban J connectivity index is 1.28. The number of nitrogens with zero attached hydrogens (tertiary/aromatic N) is 2. The standard InChI is InChI=1S/C76H114N2O2S2/c1-5-9-13-17-21-25-27-31-35-40-48-65(47-38-33-29-23-19-15-11-7-3)61-77-73(69-51-44-60-81-69)71-72(76(77)80)74(70-59-58-68(82-70)67-56-54-64(55-57-67)53-52-63-45-42-37-43-46-63)78(75(71)79)62-66(49-39-34-30-24-20-16-12-8-4)50-41-36-32-28-26-22-18-14-10-6-2/h37,42-46,51-60,65-66H,5-36,38-41,47-50,61-62H2,1-4H3. The molecule has 0 N–H and O–H groups in total. The lowest BCUT2D eigenvalue weighted by molar-refractivity contribution is -0.124. The lowest BCUT2D eigenvalue weighted by Crippen LogP contribution is -2.34. The molecule has 0 bridgehead atoms. The molecule has 0 fully saturated rings. The van der Waals surface area contributed by atoms with Gasteiger partial charge in [0.15, 0.2) is 0 Å². The molecule has 0 spiro atoms. The van der Waals surface area contributed by atoms with Crippen molar-refractivity contribution in [1.29, 1.82) is 0 Å². The lowest BCUT2D eigenvalue weighted by atomic mass is 9.93. The van der Waals surface area contributed by atoms with Gasteiger partial charge in [-0.05, 0) is 77.8 Å². The van der Waals surface area contributed by atoms with Crippen LogP contribution in [0.15, 0.2) is 95.4 Å². The third kappa shape index (κ3) is 23.5. The molecule has 0 saturated heterocycles. The highest BCUT2D eigenvalue weighted by Gasteiger charge is 2.50. The average molecular weight is 1150 g/mol. The number of fused-ring (bicyclic) bond motifs is 1. The highest BCUT2D eigenvalue weighted by atomic mass is 32.1. The van der Waals surface area contributed by atoms with Crippen molar-refractivity contribution in [3.63, 3.8) is 0 Å². The molecule has 2 aromatic carbocycles. The SMILES string of the molecule is CCCCCCCCCCCCC(CCCCCCCCCC)CN1C(=O)C2=C(c3ccc(-c4ccc(C=Cc5ccccc5)cc4)s3)N(CC(CCCCCCCCCC)CCCCCCCCCCCC)C(=O)C2=C1c1cccs1. The summed E-state index contributed by atoms with van der Waals surface area (Å²) in [5.41, 5.74) is 6.60. The molecular formula is C76H114N2O2S2. The number of benzene rings is 2. The van der Waals surface area contributed by atoms with Crippen LogP contribution in [-0.2, 0) is 9.59 Å². The van der Waals surface area contributed by atoms with Crippen LogP contribution in [0.5, 0.6) is 0 Å². The summed E-state index contributed by atoms with van der Waals surface area (Å²) >= 11 is 3.44. The number of hydrogen-bond donors (Lipinski definition) is 0. The van der Waals surface area contributed by atoms with Crippen molar-refractivity contribution in [2.45, 2.75) is 285 Å². The van der Waals surface area contributed by atoms with E-state index in [1.807, 2.05) is 0 Å². The maximum absolute atomic E-state index is 15.9. The van der Waals surface area contributed by atoms with E-state index in [-0.39, 0.29) is 11.8 Å². The number of unbranched alkanes of at least 4 members (excludes halogenated alkanes) is 32. The number of thiophene rings is 2. The van der Waals surface area contributed by atoms with Crippen molar-refractivity contribution in [1.82, 2.24) is 9.80 Å². The smallest absolute Gasteiger partial charge is 0.261 e. The Morgan fingerprint density at radius 3 is 1.06 bits per heavy atom. The van der Waals surface area contributed by atoms with Crippen molar-refractivity contribution >= 4 is 58.0 Å². The topological polar surface area (TPSA) is 40.6 Å². The van der Waals surface area contributed by atoms with E-state index in [4.69, 9.17) is 0 Å². The monoisotopic (exact) mass is 1150 g/mol. The second kappa shape index (κ2) is 41.1. The molecule has 6 rings (SSSR count). The minimum Gasteiger partial charge on any atom is -0.306 e.